The summed E-state index contributed by atoms with van der Waals surface area (Å²) in [5, 5.41) is 0. The summed E-state index contributed by atoms with van der Waals surface area (Å²) < 4.78 is 5.73. The second kappa shape index (κ2) is 11.2. The number of hydrogen-bond acceptors (Lipinski definition) is 5. The lowest BCUT2D eigenvalue weighted by atomic mass is 9.90. The first kappa shape index (κ1) is 22.4. The van der Waals surface area contributed by atoms with Crippen molar-refractivity contribution in [3.05, 3.63) is 60.2 Å². The van der Waals surface area contributed by atoms with Crippen molar-refractivity contribution >= 4 is 11.8 Å². The van der Waals surface area contributed by atoms with E-state index in [1.165, 1.54) is 18.0 Å². The van der Waals surface area contributed by atoms with Gasteiger partial charge in [0.2, 0.25) is 5.91 Å². The number of piperidine rings is 1. The maximum atomic E-state index is 13.0. The molecular weight excluding hydrogens is 404 g/mol. The SMILES string of the molecule is O=C(CCN(CC1CCCO1)C(=O)c1cnccn1)N1CCC(Cc2ccccc2)CC1. The molecule has 170 valence electrons. The number of carbonyl (C=O) groups excluding carboxylic acids is 2. The van der Waals surface area contributed by atoms with Crippen molar-refractivity contribution < 1.29 is 14.3 Å². The van der Waals surface area contributed by atoms with Crippen LogP contribution in [0.4, 0.5) is 0 Å². The molecule has 0 saturated carbocycles. The zero-order valence-corrected chi connectivity index (χ0v) is 18.6. The quantitative estimate of drug-likeness (QED) is 0.636. The Morgan fingerprint density at radius 2 is 1.91 bits per heavy atom. The van der Waals surface area contributed by atoms with Gasteiger partial charge in [-0.3, -0.25) is 14.6 Å². The van der Waals surface area contributed by atoms with E-state index in [0.29, 0.717) is 31.1 Å². The zero-order valence-electron chi connectivity index (χ0n) is 18.6. The maximum Gasteiger partial charge on any atom is 0.274 e. The topological polar surface area (TPSA) is 75.6 Å². The fourth-order valence-corrected chi connectivity index (χ4v) is 4.60. The summed E-state index contributed by atoms with van der Waals surface area (Å²) in [7, 11) is 0. The zero-order chi connectivity index (χ0) is 22.2. The lowest BCUT2D eigenvalue weighted by Gasteiger charge is -2.33. The molecule has 1 atom stereocenters. The molecule has 0 spiro atoms. The number of amides is 2. The number of benzene rings is 1. The second-order valence-electron chi connectivity index (χ2n) is 8.74. The number of hydrogen-bond donors (Lipinski definition) is 0. The van der Waals surface area contributed by atoms with Gasteiger partial charge in [0.25, 0.3) is 5.91 Å². The molecule has 0 radical (unpaired) electrons. The smallest absolute Gasteiger partial charge is 0.274 e. The summed E-state index contributed by atoms with van der Waals surface area (Å²) in [4.78, 5) is 37.7. The number of aromatic nitrogens is 2. The first-order valence-corrected chi connectivity index (χ1v) is 11.7. The fraction of sp³-hybridized carbons (Fsp3) is 0.520. The normalized spacial score (nSPS) is 19.1. The third-order valence-electron chi connectivity index (χ3n) is 6.45. The van der Waals surface area contributed by atoms with Crippen molar-refractivity contribution in [3.8, 4) is 0 Å². The molecule has 2 aliphatic rings. The lowest BCUT2D eigenvalue weighted by molar-refractivity contribution is -0.132. The summed E-state index contributed by atoms with van der Waals surface area (Å²) >= 11 is 0. The van der Waals surface area contributed by atoms with E-state index >= 15 is 0 Å². The maximum absolute atomic E-state index is 13.0. The van der Waals surface area contributed by atoms with Gasteiger partial charge in [0.1, 0.15) is 5.69 Å². The van der Waals surface area contributed by atoms with Crippen molar-refractivity contribution in [2.24, 2.45) is 5.92 Å². The molecule has 1 aromatic carbocycles. The molecule has 7 nitrogen and oxygen atoms in total. The molecule has 2 saturated heterocycles. The van der Waals surface area contributed by atoms with Crippen LogP contribution in [-0.2, 0) is 16.0 Å². The Morgan fingerprint density at radius 1 is 1.09 bits per heavy atom. The fourth-order valence-electron chi connectivity index (χ4n) is 4.60. The predicted octanol–water partition coefficient (Wildman–Crippen LogP) is 2.97. The predicted molar refractivity (Wildman–Crippen MR) is 121 cm³/mol. The second-order valence-corrected chi connectivity index (χ2v) is 8.74. The van der Waals surface area contributed by atoms with Crippen molar-refractivity contribution in [1.82, 2.24) is 19.8 Å². The van der Waals surface area contributed by atoms with Crippen molar-refractivity contribution in [2.45, 2.75) is 44.6 Å². The number of rotatable bonds is 8. The van der Waals surface area contributed by atoms with Crippen molar-refractivity contribution in [3.63, 3.8) is 0 Å². The number of carbonyl (C=O) groups is 2. The van der Waals surface area contributed by atoms with Gasteiger partial charge in [0.05, 0.1) is 12.3 Å². The highest BCUT2D eigenvalue weighted by molar-refractivity contribution is 5.92. The molecule has 0 N–H and O–H groups in total. The van der Waals surface area contributed by atoms with Gasteiger partial charge in [-0.25, -0.2) is 4.98 Å². The van der Waals surface area contributed by atoms with Crippen LogP contribution in [0.3, 0.4) is 0 Å². The Bertz CT molecular complexity index is 863. The average molecular weight is 437 g/mol. The molecule has 2 aliphatic heterocycles. The number of ether oxygens (including phenoxy) is 1. The first-order chi connectivity index (χ1) is 15.7. The highest BCUT2D eigenvalue weighted by atomic mass is 16.5. The van der Waals surface area contributed by atoms with Gasteiger partial charge in [-0.05, 0) is 43.6 Å². The van der Waals surface area contributed by atoms with Crippen LogP contribution in [0.2, 0.25) is 0 Å². The number of nitrogens with zero attached hydrogens (tertiary/aromatic N) is 4. The molecule has 0 aliphatic carbocycles. The van der Waals surface area contributed by atoms with Gasteiger partial charge < -0.3 is 14.5 Å². The van der Waals surface area contributed by atoms with Crippen LogP contribution in [0.1, 0.15) is 48.2 Å². The largest absolute Gasteiger partial charge is 0.376 e. The molecule has 7 heteroatoms. The molecule has 2 aromatic rings. The highest BCUT2D eigenvalue weighted by Crippen LogP contribution is 2.22. The first-order valence-electron chi connectivity index (χ1n) is 11.7. The van der Waals surface area contributed by atoms with Crippen LogP contribution in [0.15, 0.2) is 48.9 Å². The van der Waals surface area contributed by atoms with Gasteiger partial charge >= 0.3 is 0 Å². The summed E-state index contributed by atoms with van der Waals surface area (Å²) in [5.41, 5.74) is 1.67. The monoisotopic (exact) mass is 436 g/mol. The van der Waals surface area contributed by atoms with Crippen LogP contribution in [0, 0.1) is 5.92 Å². The highest BCUT2D eigenvalue weighted by Gasteiger charge is 2.27. The summed E-state index contributed by atoms with van der Waals surface area (Å²) in [5.74, 6) is 0.547. The molecule has 1 unspecified atom stereocenters. The van der Waals surface area contributed by atoms with E-state index in [4.69, 9.17) is 4.74 Å². The van der Waals surface area contributed by atoms with Crippen LogP contribution < -0.4 is 0 Å². The Hall–Kier alpha value is -2.80. The Labute approximate surface area is 189 Å². The minimum absolute atomic E-state index is 0.0273. The van der Waals surface area contributed by atoms with Gasteiger partial charge in [-0.1, -0.05) is 30.3 Å². The summed E-state index contributed by atoms with van der Waals surface area (Å²) in [6.07, 6.45) is 9.96. The summed E-state index contributed by atoms with van der Waals surface area (Å²) in [6.45, 7) is 3.18. The van der Waals surface area contributed by atoms with Crippen LogP contribution >= 0.6 is 0 Å². The van der Waals surface area contributed by atoms with E-state index in [2.05, 4.69) is 34.2 Å². The summed E-state index contributed by atoms with van der Waals surface area (Å²) in [6, 6.07) is 10.6. The van der Waals surface area contributed by atoms with Gasteiger partial charge in [-0.2, -0.15) is 0 Å². The minimum Gasteiger partial charge on any atom is -0.376 e. The van der Waals surface area contributed by atoms with E-state index in [-0.39, 0.29) is 17.9 Å². The lowest BCUT2D eigenvalue weighted by Crippen LogP contribution is -2.43. The molecule has 3 heterocycles. The molecule has 2 amide bonds. The van der Waals surface area contributed by atoms with Gasteiger partial charge in [-0.15, -0.1) is 0 Å². The third kappa shape index (κ3) is 6.13. The van der Waals surface area contributed by atoms with E-state index in [0.717, 1.165) is 51.8 Å². The Balaban J connectivity index is 1.28. The van der Waals surface area contributed by atoms with Crippen LogP contribution in [-0.4, -0.2) is 70.5 Å². The van der Waals surface area contributed by atoms with E-state index in [1.54, 1.807) is 11.1 Å². The molecule has 2 fully saturated rings. The standard InChI is InChI=1S/C25H32N4O3/c30-24(28-13-8-21(9-14-28)17-20-5-2-1-3-6-20)10-15-29(19-22-7-4-16-32-22)25(31)23-18-26-11-12-27-23/h1-3,5-6,11-12,18,21-22H,4,7-10,13-17,19H2. The Morgan fingerprint density at radius 3 is 2.59 bits per heavy atom. The van der Waals surface area contributed by atoms with Gasteiger partial charge in [0.15, 0.2) is 0 Å². The Kier molecular flexibility index (Phi) is 7.82. The van der Waals surface area contributed by atoms with Crippen molar-refractivity contribution in [1.29, 1.82) is 0 Å². The molecule has 32 heavy (non-hydrogen) atoms. The molecule has 4 rings (SSSR count). The van der Waals surface area contributed by atoms with E-state index in [1.807, 2.05) is 11.0 Å². The molecular formula is C25H32N4O3. The van der Waals surface area contributed by atoms with Crippen LogP contribution in [0.25, 0.3) is 0 Å². The third-order valence-corrected chi connectivity index (χ3v) is 6.45. The minimum atomic E-state index is -0.192. The molecule has 1 aromatic heterocycles. The van der Waals surface area contributed by atoms with Crippen LogP contribution in [0.5, 0.6) is 0 Å². The number of likely N-dealkylation sites (tertiary alicyclic amines) is 1. The van der Waals surface area contributed by atoms with E-state index < -0.39 is 0 Å². The van der Waals surface area contributed by atoms with Gasteiger partial charge in [0, 0.05) is 51.6 Å². The molecule has 0 bridgehead atoms. The average Bonchev–Trinajstić information content (AvgIpc) is 3.36. The van der Waals surface area contributed by atoms with Crippen molar-refractivity contribution in [2.75, 3.05) is 32.8 Å². The van der Waals surface area contributed by atoms with E-state index in [9.17, 15) is 9.59 Å².